The second kappa shape index (κ2) is 8.70. The molecule has 0 amide bonds. The number of cyclic esters (lactones) is 1. The van der Waals surface area contributed by atoms with Gasteiger partial charge in [-0.3, -0.25) is 0 Å². The average molecular weight is 491 g/mol. The lowest BCUT2D eigenvalue weighted by molar-refractivity contribution is -0.699. The van der Waals surface area contributed by atoms with E-state index in [9.17, 15) is 4.79 Å². The summed E-state index contributed by atoms with van der Waals surface area (Å²) >= 11 is 0. The van der Waals surface area contributed by atoms with Crippen LogP contribution in [0.3, 0.4) is 0 Å². The maximum Gasteiger partial charge on any atom is 0.408 e. The predicted molar refractivity (Wildman–Crippen MR) is 143 cm³/mol. The molecule has 0 saturated carbocycles. The molecule has 4 heterocycles. The molecule has 0 N–H and O–H groups in total. The Balaban J connectivity index is 1.66. The van der Waals surface area contributed by atoms with Gasteiger partial charge in [0, 0.05) is 41.5 Å². The maximum absolute atomic E-state index is 13.0. The van der Waals surface area contributed by atoms with Crippen molar-refractivity contribution in [3.8, 4) is 11.3 Å². The van der Waals surface area contributed by atoms with E-state index < -0.39 is 5.97 Å². The summed E-state index contributed by atoms with van der Waals surface area (Å²) in [6, 6.07) is 22.5. The van der Waals surface area contributed by atoms with Gasteiger partial charge in [0.25, 0.3) is 5.69 Å². The Bertz CT molecular complexity index is 1710. The molecule has 5 aromatic rings. The molecule has 0 atom stereocenters. The number of aromatic nitrogens is 2. The van der Waals surface area contributed by atoms with E-state index in [4.69, 9.17) is 9.15 Å². The predicted octanol–water partition coefficient (Wildman–Crippen LogP) is 6.05. The molecule has 3 aromatic heterocycles. The number of hydrogen-bond donors (Lipinski definition) is 0. The van der Waals surface area contributed by atoms with E-state index in [1.165, 1.54) is 5.56 Å². The SMILES string of the molecule is C=C1C[n+]2ccc(C(C)(C)C)cc2-c2c(ccc3c2oc2ccccc23)CC[n+]2ccccc2C(=O)O1. The van der Waals surface area contributed by atoms with E-state index >= 15 is 0 Å². The number of rotatable bonds is 0. The number of fused-ring (bicyclic) bond motifs is 8. The van der Waals surface area contributed by atoms with Gasteiger partial charge >= 0.3 is 5.97 Å². The molecular formula is C32H30N2O3+2. The summed E-state index contributed by atoms with van der Waals surface area (Å²) in [5.41, 5.74) is 6.66. The standard InChI is InChI=1S/C32H30N2O3/c1-21-20-34-18-15-23(32(2,3)4)19-27(34)29-22(14-17-33-16-8-7-10-26(33)31(35)36-21)12-13-25-24-9-5-6-11-28(24)37-30(25)29/h5-13,15-16,18-19H,1,14,17,20H2,2-4H3/q+2. The molecule has 5 heteroatoms. The number of furan rings is 1. The molecule has 0 unspecified atom stereocenters. The highest BCUT2D eigenvalue weighted by molar-refractivity contribution is 6.09. The molecule has 184 valence electrons. The Kier molecular flexibility index (Phi) is 5.45. The van der Waals surface area contributed by atoms with Crippen LogP contribution < -0.4 is 9.13 Å². The molecule has 5 nitrogen and oxygen atoms in total. The van der Waals surface area contributed by atoms with E-state index in [-0.39, 0.29) is 5.41 Å². The number of carbonyl (C=O) groups excluding carboxylic acids is 1. The van der Waals surface area contributed by atoms with Gasteiger partial charge in [0.05, 0.1) is 5.56 Å². The van der Waals surface area contributed by atoms with E-state index in [2.05, 4.69) is 68.4 Å². The molecule has 1 aliphatic rings. The minimum Gasteiger partial charge on any atom is -0.455 e. The van der Waals surface area contributed by atoms with Crippen LogP contribution in [-0.2, 0) is 29.7 Å². The fourth-order valence-electron chi connectivity index (χ4n) is 5.17. The lowest BCUT2D eigenvalue weighted by Gasteiger charge is -2.20. The molecule has 0 saturated heterocycles. The summed E-state index contributed by atoms with van der Waals surface area (Å²) in [4.78, 5) is 13.0. The van der Waals surface area contributed by atoms with Gasteiger partial charge < -0.3 is 9.15 Å². The molecule has 0 aliphatic carbocycles. The van der Waals surface area contributed by atoms with Crippen molar-refractivity contribution in [2.45, 2.75) is 45.7 Å². The summed E-state index contributed by atoms with van der Waals surface area (Å²) in [6.07, 6.45) is 4.71. The largest absolute Gasteiger partial charge is 0.455 e. The van der Waals surface area contributed by atoms with Crippen LogP contribution in [0.5, 0.6) is 0 Å². The molecule has 0 fully saturated rings. The number of pyridine rings is 2. The number of esters is 1. The first-order chi connectivity index (χ1) is 17.8. The van der Waals surface area contributed by atoms with Crippen LogP contribution in [0.4, 0.5) is 0 Å². The Morgan fingerprint density at radius 3 is 2.51 bits per heavy atom. The van der Waals surface area contributed by atoms with Gasteiger partial charge in [-0.15, -0.1) is 0 Å². The lowest BCUT2D eigenvalue weighted by Crippen LogP contribution is -2.43. The molecule has 6 rings (SSSR count). The van der Waals surface area contributed by atoms with Crippen LogP contribution in [0, 0.1) is 0 Å². The van der Waals surface area contributed by atoms with Gasteiger partial charge in [0.1, 0.15) is 11.2 Å². The van der Waals surface area contributed by atoms with Crippen LogP contribution in [0.25, 0.3) is 33.2 Å². The van der Waals surface area contributed by atoms with Crippen LogP contribution in [0.2, 0.25) is 0 Å². The van der Waals surface area contributed by atoms with Gasteiger partial charge in [-0.1, -0.05) is 57.7 Å². The third kappa shape index (κ3) is 4.10. The van der Waals surface area contributed by atoms with E-state index in [1.807, 2.05) is 41.1 Å². The second-order valence-electron chi connectivity index (χ2n) is 10.7. The zero-order valence-corrected chi connectivity index (χ0v) is 21.5. The first kappa shape index (κ1) is 23.2. The van der Waals surface area contributed by atoms with Crippen molar-refractivity contribution in [1.82, 2.24) is 0 Å². The first-order valence-corrected chi connectivity index (χ1v) is 12.7. The summed E-state index contributed by atoms with van der Waals surface area (Å²) in [6.45, 7) is 11.7. The molecule has 0 bridgehead atoms. The second-order valence-corrected chi connectivity index (χ2v) is 10.7. The van der Waals surface area contributed by atoms with Crippen LogP contribution >= 0.6 is 0 Å². The maximum atomic E-state index is 13.0. The van der Waals surface area contributed by atoms with Crippen molar-refractivity contribution in [3.63, 3.8) is 0 Å². The summed E-state index contributed by atoms with van der Waals surface area (Å²) in [5, 5.41) is 2.19. The van der Waals surface area contributed by atoms with Crippen LogP contribution in [0.15, 0.2) is 95.9 Å². The van der Waals surface area contributed by atoms with Crippen molar-refractivity contribution in [1.29, 1.82) is 0 Å². The number of benzene rings is 2. The van der Waals surface area contributed by atoms with Gasteiger partial charge in [0.2, 0.25) is 12.2 Å². The van der Waals surface area contributed by atoms with Crippen LogP contribution in [0.1, 0.15) is 42.4 Å². The minimum atomic E-state index is -0.396. The number of allylic oxidation sites excluding steroid dienone is 1. The fraction of sp³-hybridized carbons (Fsp3) is 0.219. The molecule has 0 spiro atoms. The minimum absolute atomic E-state index is 0.0422. The van der Waals surface area contributed by atoms with Crippen molar-refractivity contribution < 1.29 is 23.1 Å². The van der Waals surface area contributed by atoms with Gasteiger partial charge in [0.15, 0.2) is 24.7 Å². The normalized spacial score (nSPS) is 14.4. The Hall–Kier alpha value is -4.25. The first-order valence-electron chi connectivity index (χ1n) is 12.7. The third-order valence-electron chi connectivity index (χ3n) is 7.15. The van der Waals surface area contributed by atoms with Gasteiger partial charge in [-0.05, 0) is 28.7 Å². The van der Waals surface area contributed by atoms with E-state index in [0.29, 0.717) is 24.5 Å². The Labute approximate surface area is 216 Å². The Morgan fingerprint density at radius 1 is 0.865 bits per heavy atom. The van der Waals surface area contributed by atoms with Crippen molar-refractivity contribution >= 4 is 27.9 Å². The van der Waals surface area contributed by atoms with E-state index in [1.54, 1.807) is 6.07 Å². The summed E-state index contributed by atoms with van der Waals surface area (Å²) < 4.78 is 16.3. The lowest BCUT2D eigenvalue weighted by atomic mass is 9.86. The molecule has 2 aromatic carbocycles. The highest BCUT2D eigenvalue weighted by Gasteiger charge is 2.30. The number of carbonyl (C=O) groups is 1. The van der Waals surface area contributed by atoms with Crippen LogP contribution in [-0.4, -0.2) is 5.97 Å². The number of ether oxygens (including phenoxy) is 1. The topological polar surface area (TPSA) is 47.2 Å². The van der Waals surface area contributed by atoms with Gasteiger partial charge in [-0.2, -0.15) is 9.13 Å². The Morgan fingerprint density at radius 2 is 1.68 bits per heavy atom. The molecule has 37 heavy (non-hydrogen) atoms. The van der Waals surface area contributed by atoms with Crippen molar-refractivity contribution in [3.05, 3.63) is 108 Å². The van der Waals surface area contributed by atoms with Crippen molar-refractivity contribution in [2.75, 3.05) is 0 Å². The third-order valence-corrected chi connectivity index (χ3v) is 7.15. The summed E-state index contributed by atoms with van der Waals surface area (Å²) in [7, 11) is 0. The highest BCUT2D eigenvalue weighted by Crippen LogP contribution is 2.38. The average Bonchev–Trinajstić information content (AvgIpc) is 3.25. The van der Waals surface area contributed by atoms with Gasteiger partial charge in [-0.25, -0.2) is 4.79 Å². The van der Waals surface area contributed by atoms with E-state index in [0.717, 1.165) is 45.2 Å². The number of nitrogens with zero attached hydrogens (tertiary/aromatic N) is 2. The number of para-hydroxylation sites is 1. The quantitative estimate of drug-likeness (QED) is 0.196. The number of hydrogen-bond acceptors (Lipinski definition) is 3. The fourth-order valence-corrected chi connectivity index (χ4v) is 5.17. The zero-order chi connectivity index (χ0) is 25.7. The number of aryl methyl sites for hydroxylation is 2. The van der Waals surface area contributed by atoms with Crippen molar-refractivity contribution in [2.24, 2.45) is 0 Å². The monoisotopic (exact) mass is 490 g/mol. The summed E-state index contributed by atoms with van der Waals surface area (Å²) in [5.74, 6) is -0.0124. The molecular weight excluding hydrogens is 460 g/mol. The molecule has 1 aliphatic heterocycles. The highest BCUT2D eigenvalue weighted by atomic mass is 16.5. The smallest absolute Gasteiger partial charge is 0.408 e. The zero-order valence-electron chi connectivity index (χ0n) is 21.5. The molecule has 0 radical (unpaired) electrons.